The average Bonchev–Trinajstić information content (AvgIpc) is 3.62. The van der Waals surface area contributed by atoms with Gasteiger partial charge in [-0.25, -0.2) is 4.79 Å². The molecule has 0 unspecified atom stereocenters. The van der Waals surface area contributed by atoms with Gasteiger partial charge in [-0.1, -0.05) is 48.0 Å². The smallest absolute Gasteiger partial charge is 0.352 e. The van der Waals surface area contributed by atoms with Crippen molar-refractivity contribution in [3.05, 3.63) is 99.2 Å². The van der Waals surface area contributed by atoms with Crippen LogP contribution in [0.2, 0.25) is 5.02 Å². The van der Waals surface area contributed by atoms with Gasteiger partial charge in [0.15, 0.2) is 0 Å². The molecule has 0 fully saturated rings. The van der Waals surface area contributed by atoms with E-state index in [2.05, 4.69) is 48.3 Å². The van der Waals surface area contributed by atoms with E-state index in [4.69, 9.17) is 26.5 Å². The Hall–Kier alpha value is -4.60. The third-order valence-electron chi connectivity index (χ3n) is 9.46. The van der Waals surface area contributed by atoms with Crippen LogP contribution < -0.4 is 4.74 Å². The van der Waals surface area contributed by atoms with Crippen LogP contribution >= 0.6 is 11.6 Å². The van der Waals surface area contributed by atoms with E-state index in [1.54, 1.807) is 4.57 Å². The number of carboxylic acid groups (broad SMARTS) is 1. The third-order valence-corrected chi connectivity index (χ3v) is 9.78. The second-order valence-corrected chi connectivity index (χ2v) is 13.1. The lowest BCUT2D eigenvalue weighted by Gasteiger charge is -2.18. The van der Waals surface area contributed by atoms with E-state index >= 15 is 0 Å². The van der Waals surface area contributed by atoms with Crippen LogP contribution in [0, 0.1) is 6.92 Å². The van der Waals surface area contributed by atoms with Crippen LogP contribution in [-0.4, -0.2) is 53.8 Å². The zero-order valence-electron chi connectivity index (χ0n) is 27.5. The minimum Gasteiger partial charge on any atom is -0.493 e. The van der Waals surface area contributed by atoms with E-state index in [9.17, 15) is 9.90 Å². The van der Waals surface area contributed by atoms with E-state index in [1.165, 1.54) is 11.3 Å². The molecule has 0 atom stereocenters. The van der Waals surface area contributed by atoms with Gasteiger partial charge in [0.2, 0.25) is 0 Å². The number of rotatable bonds is 1. The lowest BCUT2D eigenvalue weighted by Crippen LogP contribution is -2.20. The largest absolute Gasteiger partial charge is 0.493 e. The summed E-state index contributed by atoms with van der Waals surface area (Å²) in [4.78, 5) is 15.0. The summed E-state index contributed by atoms with van der Waals surface area (Å²) >= 11 is 7.01. The van der Waals surface area contributed by atoms with Crippen molar-refractivity contribution in [2.45, 2.75) is 45.7 Å². The normalized spacial score (nSPS) is 14.7. The van der Waals surface area contributed by atoms with Crippen LogP contribution in [0.15, 0.2) is 54.6 Å². The second kappa shape index (κ2) is 12.2. The first-order chi connectivity index (χ1) is 22.6. The number of nitrogens with zero attached hydrogens (tertiary/aromatic N) is 6. The van der Waals surface area contributed by atoms with Crippen LogP contribution in [-0.2, 0) is 53.5 Å². The van der Waals surface area contributed by atoms with Crippen molar-refractivity contribution in [3.8, 4) is 16.9 Å². The summed E-state index contributed by atoms with van der Waals surface area (Å²) in [6, 6.07) is 18.7. The fourth-order valence-corrected chi connectivity index (χ4v) is 7.60. The molecule has 0 saturated heterocycles. The number of aryl methyl sites for hydroxylation is 7. The quantitative estimate of drug-likeness (QED) is 0.209. The molecule has 7 rings (SSSR count). The number of hydrogen-bond donors (Lipinski definition) is 1. The topological polar surface area (TPSA) is 90.3 Å². The standard InChI is InChI=1S/C37H39ClN6O3/c1-22-33-31(44(5)39-22)21-41(2)20-25-19-26(43(4)40-25)13-12-23-17-24-9-6-7-10-27(24)32(18-23)47-16-8-11-28-29-14-15-30(38)34(33)35(29)42(3)36(28)37(45)46/h6-7,9-10,14-15,17-19H,8,11-13,16,20-21H2,1-5H3,(H,45,46). The Morgan fingerprint density at radius 2 is 1.70 bits per heavy atom. The molecule has 0 spiro atoms. The summed E-state index contributed by atoms with van der Waals surface area (Å²) in [5.74, 6) is -0.117. The van der Waals surface area contributed by atoms with E-state index in [0.29, 0.717) is 37.6 Å². The SMILES string of the molecule is Cc1nn(C)c2c1-c1c(Cl)ccc3c(c(C(=O)O)n(C)c13)CCCOc1cc(cc3ccccc13)CCc1cc(nn1C)CN(C)C2. The average molecular weight is 651 g/mol. The Balaban J connectivity index is 1.38. The number of carbonyl (C=O) groups is 1. The molecule has 3 aromatic heterocycles. The molecule has 0 saturated carbocycles. The van der Waals surface area contributed by atoms with Crippen LogP contribution in [0.3, 0.4) is 0 Å². The highest BCUT2D eigenvalue weighted by molar-refractivity contribution is 6.35. The van der Waals surface area contributed by atoms with Crippen molar-refractivity contribution in [2.24, 2.45) is 21.1 Å². The first kappa shape index (κ1) is 31.0. The molecule has 4 heterocycles. The fourth-order valence-electron chi connectivity index (χ4n) is 7.35. The summed E-state index contributed by atoms with van der Waals surface area (Å²) in [6.45, 7) is 3.69. The van der Waals surface area contributed by atoms with Crippen molar-refractivity contribution in [1.82, 2.24) is 29.0 Å². The molecule has 242 valence electrons. The molecule has 0 amide bonds. The fraction of sp³-hybridized carbons (Fsp3) is 0.324. The first-order valence-electron chi connectivity index (χ1n) is 16.0. The number of carboxylic acids is 1. The van der Waals surface area contributed by atoms with E-state index in [1.807, 2.05) is 55.6 Å². The second-order valence-electron chi connectivity index (χ2n) is 12.7. The Bertz CT molecular complexity index is 2170. The van der Waals surface area contributed by atoms with Crippen molar-refractivity contribution < 1.29 is 14.6 Å². The van der Waals surface area contributed by atoms with E-state index in [-0.39, 0.29) is 5.69 Å². The van der Waals surface area contributed by atoms with Crippen LogP contribution in [0.5, 0.6) is 5.75 Å². The zero-order valence-corrected chi connectivity index (χ0v) is 28.2. The van der Waals surface area contributed by atoms with E-state index < -0.39 is 5.97 Å². The van der Waals surface area contributed by atoms with Crippen molar-refractivity contribution in [1.29, 1.82) is 0 Å². The Kier molecular flexibility index (Phi) is 8.06. The van der Waals surface area contributed by atoms with Crippen molar-refractivity contribution >= 4 is 39.2 Å². The van der Waals surface area contributed by atoms with Gasteiger partial charge in [0.25, 0.3) is 0 Å². The Morgan fingerprint density at radius 3 is 2.51 bits per heavy atom. The van der Waals surface area contributed by atoms with Gasteiger partial charge in [-0.2, -0.15) is 10.2 Å². The van der Waals surface area contributed by atoms with Crippen LogP contribution in [0.4, 0.5) is 0 Å². The predicted molar refractivity (Wildman–Crippen MR) is 185 cm³/mol. The van der Waals surface area contributed by atoms with Gasteiger partial charge in [0.1, 0.15) is 11.4 Å². The van der Waals surface area contributed by atoms with Gasteiger partial charge < -0.3 is 14.4 Å². The third kappa shape index (κ3) is 5.57. The molecule has 1 N–H and O–H groups in total. The highest BCUT2D eigenvalue weighted by Gasteiger charge is 2.27. The number of aromatic nitrogens is 5. The lowest BCUT2D eigenvalue weighted by atomic mass is 9.98. The monoisotopic (exact) mass is 650 g/mol. The van der Waals surface area contributed by atoms with Crippen molar-refractivity contribution in [3.63, 3.8) is 0 Å². The summed E-state index contributed by atoms with van der Waals surface area (Å²) < 4.78 is 12.1. The van der Waals surface area contributed by atoms with Gasteiger partial charge in [-0.15, -0.1) is 0 Å². The molecule has 47 heavy (non-hydrogen) atoms. The van der Waals surface area contributed by atoms with Gasteiger partial charge in [0.05, 0.1) is 34.2 Å². The first-order valence-corrected chi connectivity index (χ1v) is 16.4. The minimum absolute atomic E-state index is 0.268. The maximum absolute atomic E-state index is 12.8. The predicted octanol–water partition coefficient (Wildman–Crippen LogP) is 6.87. The highest BCUT2D eigenvalue weighted by atomic mass is 35.5. The molecule has 9 nitrogen and oxygen atoms in total. The van der Waals surface area contributed by atoms with Gasteiger partial charge in [-0.05, 0) is 74.4 Å². The maximum atomic E-state index is 12.8. The summed E-state index contributed by atoms with van der Waals surface area (Å²) in [5, 5.41) is 23.8. The Labute approximate surface area is 278 Å². The van der Waals surface area contributed by atoms with Crippen LogP contribution in [0.25, 0.3) is 32.8 Å². The van der Waals surface area contributed by atoms with Crippen molar-refractivity contribution in [2.75, 3.05) is 13.7 Å². The molecule has 8 bridgehead atoms. The summed E-state index contributed by atoms with van der Waals surface area (Å²) in [6.07, 6.45) is 2.90. The van der Waals surface area contributed by atoms with Crippen LogP contribution in [0.1, 0.15) is 50.8 Å². The summed E-state index contributed by atoms with van der Waals surface area (Å²) in [5.41, 5.74) is 8.81. The Morgan fingerprint density at radius 1 is 0.894 bits per heavy atom. The molecule has 10 heteroatoms. The van der Waals surface area contributed by atoms with Gasteiger partial charge >= 0.3 is 5.97 Å². The lowest BCUT2D eigenvalue weighted by molar-refractivity contribution is 0.0685. The number of benzene rings is 3. The molecule has 6 aromatic rings. The van der Waals surface area contributed by atoms with E-state index in [0.717, 1.165) is 74.0 Å². The van der Waals surface area contributed by atoms with Gasteiger partial charge in [0, 0.05) is 61.8 Å². The number of hydrogen-bond acceptors (Lipinski definition) is 5. The number of halogens is 1. The molecule has 0 aliphatic carbocycles. The summed E-state index contributed by atoms with van der Waals surface area (Å²) in [7, 11) is 7.86. The molecule has 3 aromatic carbocycles. The number of fused-ring (bicyclic) bond motifs is 8. The van der Waals surface area contributed by atoms with Gasteiger partial charge in [-0.3, -0.25) is 14.3 Å². The molecule has 1 aliphatic heterocycles. The highest BCUT2D eigenvalue weighted by Crippen LogP contribution is 2.42. The minimum atomic E-state index is -0.965. The number of ether oxygens (including phenoxy) is 1. The molecular formula is C37H39ClN6O3. The molecule has 0 radical (unpaired) electrons. The number of aromatic carboxylic acids is 1. The zero-order chi connectivity index (χ0) is 33.0. The molecular weight excluding hydrogens is 612 g/mol. The maximum Gasteiger partial charge on any atom is 0.352 e. The molecule has 1 aliphatic rings.